The maximum Gasteiger partial charge on any atom is 0.136 e. The van der Waals surface area contributed by atoms with Gasteiger partial charge in [-0.1, -0.05) is 20.8 Å². The van der Waals surface area contributed by atoms with Crippen molar-refractivity contribution in [3.05, 3.63) is 0 Å². The zero-order valence-electron chi connectivity index (χ0n) is 20.4. The number of hydrogen-bond acceptors (Lipinski definition) is 3. The molecule has 0 spiro atoms. The number of piperidine rings is 2. The zero-order valence-corrected chi connectivity index (χ0v) is 20.4. The number of Topliss-reactive ketones (excluding diaryl/α,β-unsaturated/α-hetero) is 1. The Labute approximate surface area is 189 Å². The van der Waals surface area contributed by atoms with Crippen molar-refractivity contribution in [3.8, 4) is 0 Å². The van der Waals surface area contributed by atoms with Gasteiger partial charge in [0.2, 0.25) is 0 Å². The molecule has 2 aliphatic heterocycles. The Kier molecular flexibility index (Phi) is 4.81. The molecule has 2 heterocycles. The quantitative estimate of drug-likeness (QED) is 0.580. The summed E-state index contributed by atoms with van der Waals surface area (Å²) in [5.41, 5.74) is 0.568. The Morgan fingerprint density at radius 2 is 1.65 bits per heavy atom. The van der Waals surface area contributed by atoms with Gasteiger partial charge >= 0.3 is 0 Å². The molecule has 12 atom stereocenters. The highest BCUT2D eigenvalue weighted by atomic mass is 16.3. The molecule has 6 rings (SSSR count). The summed E-state index contributed by atoms with van der Waals surface area (Å²) in [5, 5.41) is 10.3. The van der Waals surface area contributed by atoms with E-state index in [0.717, 1.165) is 67.1 Å². The Morgan fingerprint density at radius 1 is 0.871 bits per heavy atom. The third-order valence-corrected chi connectivity index (χ3v) is 12.5. The molecule has 0 amide bonds. The summed E-state index contributed by atoms with van der Waals surface area (Å²) in [6, 6.07) is 0. The molecule has 0 radical (unpaired) electrons. The van der Waals surface area contributed by atoms with Crippen LogP contribution in [0.3, 0.4) is 0 Å². The highest BCUT2D eigenvalue weighted by Crippen LogP contribution is 2.66. The number of nitrogens with zero attached hydrogens (tertiary/aromatic N) is 1. The fraction of sp³-hybridized carbons (Fsp3) is 0.964. The largest absolute Gasteiger partial charge is 0.393 e. The van der Waals surface area contributed by atoms with Crippen molar-refractivity contribution >= 4 is 5.78 Å². The molecule has 0 aromatic heterocycles. The monoisotopic (exact) mass is 427 g/mol. The van der Waals surface area contributed by atoms with E-state index < -0.39 is 0 Å². The Balaban J connectivity index is 1.30. The molecule has 3 nitrogen and oxygen atoms in total. The predicted molar refractivity (Wildman–Crippen MR) is 123 cm³/mol. The fourth-order valence-corrected chi connectivity index (χ4v) is 10.6. The average Bonchev–Trinajstić information content (AvgIpc) is 3.11. The molecule has 174 valence electrons. The third-order valence-electron chi connectivity index (χ3n) is 12.5. The summed E-state index contributed by atoms with van der Waals surface area (Å²) in [7, 11) is 0. The van der Waals surface area contributed by atoms with Crippen molar-refractivity contribution in [2.75, 3.05) is 13.1 Å². The number of aliphatic hydroxyl groups excluding tert-OH is 1. The van der Waals surface area contributed by atoms with Crippen LogP contribution in [0.2, 0.25) is 0 Å². The van der Waals surface area contributed by atoms with E-state index in [1.807, 2.05) is 0 Å². The van der Waals surface area contributed by atoms with Gasteiger partial charge in [-0.25, -0.2) is 0 Å². The van der Waals surface area contributed by atoms with Gasteiger partial charge in [0, 0.05) is 31.0 Å². The zero-order chi connectivity index (χ0) is 21.7. The first-order chi connectivity index (χ1) is 14.7. The van der Waals surface area contributed by atoms with Crippen molar-refractivity contribution in [2.24, 2.45) is 58.7 Å². The van der Waals surface area contributed by atoms with Crippen LogP contribution in [0.4, 0.5) is 0 Å². The molecule has 4 aliphatic carbocycles. The minimum atomic E-state index is -0.246. The number of fused-ring (bicyclic) bond motifs is 8. The van der Waals surface area contributed by atoms with Gasteiger partial charge in [0.15, 0.2) is 0 Å². The lowest BCUT2D eigenvalue weighted by atomic mass is 9.51. The number of aliphatic hydroxyl groups is 1. The number of carbonyl (C=O) groups is 1. The van der Waals surface area contributed by atoms with Crippen LogP contribution in [0.5, 0.6) is 0 Å². The van der Waals surface area contributed by atoms with Crippen LogP contribution in [0.1, 0.15) is 85.5 Å². The number of carbonyl (C=O) groups excluding carboxylic acids is 1. The van der Waals surface area contributed by atoms with E-state index >= 15 is 0 Å². The van der Waals surface area contributed by atoms with E-state index in [0.29, 0.717) is 17.2 Å². The first-order valence-electron chi connectivity index (χ1n) is 13.7. The normalized spacial score (nSPS) is 59.2. The summed E-state index contributed by atoms with van der Waals surface area (Å²) in [4.78, 5) is 16.2. The lowest BCUT2D eigenvalue weighted by Crippen LogP contribution is -2.65. The van der Waals surface area contributed by atoms with Crippen LogP contribution in [0.15, 0.2) is 0 Å². The third kappa shape index (κ3) is 2.87. The number of ketones is 1. The Morgan fingerprint density at radius 3 is 2.45 bits per heavy atom. The van der Waals surface area contributed by atoms with E-state index in [9.17, 15) is 9.90 Å². The molecular formula is C28H45NO2. The summed E-state index contributed by atoms with van der Waals surface area (Å²) in [5.74, 6) is 7.01. The molecule has 6 fully saturated rings. The molecule has 0 aromatic rings. The molecule has 31 heavy (non-hydrogen) atoms. The van der Waals surface area contributed by atoms with Crippen LogP contribution in [-0.4, -0.2) is 40.5 Å². The van der Waals surface area contributed by atoms with Crippen LogP contribution in [0.25, 0.3) is 0 Å². The second-order valence-corrected chi connectivity index (χ2v) is 13.6. The maximum absolute atomic E-state index is 13.3. The molecule has 1 N–H and O–H groups in total. The van der Waals surface area contributed by atoms with Crippen LogP contribution >= 0.6 is 0 Å². The van der Waals surface area contributed by atoms with Crippen molar-refractivity contribution in [2.45, 2.75) is 97.1 Å². The van der Waals surface area contributed by atoms with Crippen molar-refractivity contribution in [3.63, 3.8) is 0 Å². The highest BCUT2D eigenvalue weighted by Gasteiger charge is 2.63. The fourth-order valence-electron chi connectivity index (χ4n) is 10.6. The van der Waals surface area contributed by atoms with Crippen LogP contribution < -0.4 is 0 Å². The van der Waals surface area contributed by atoms with E-state index in [1.165, 1.54) is 45.2 Å². The van der Waals surface area contributed by atoms with Crippen molar-refractivity contribution in [1.82, 2.24) is 4.90 Å². The van der Waals surface area contributed by atoms with Gasteiger partial charge in [-0.3, -0.25) is 9.69 Å². The minimum absolute atomic E-state index is 0.130. The summed E-state index contributed by atoms with van der Waals surface area (Å²) >= 11 is 0. The molecule has 2 saturated heterocycles. The topological polar surface area (TPSA) is 40.5 Å². The molecule has 0 aromatic carbocycles. The molecule has 6 aliphatic rings. The van der Waals surface area contributed by atoms with Gasteiger partial charge in [-0.05, 0) is 111 Å². The molecule has 0 unspecified atom stereocenters. The number of hydrogen-bond donors (Lipinski definition) is 1. The van der Waals surface area contributed by atoms with Gasteiger partial charge in [0.25, 0.3) is 0 Å². The SMILES string of the molecule is C[C@H]1CC[C@@]2(C)[C@H](C)[C@@H]3CC[C@@H]4[C@@H](C[C@H]5[C@H]4CC(=O)[C@H]4C[C@@H](O)CC[C@@]45C)[C@@H]3CN2C1. The summed E-state index contributed by atoms with van der Waals surface area (Å²) < 4.78 is 0. The van der Waals surface area contributed by atoms with Gasteiger partial charge in [-0.2, -0.15) is 0 Å². The summed E-state index contributed by atoms with van der Waals surface area (Å²) in [6.07, 6.45) is 10.2. The van der Waals surface area contributed by atoms with Crippen LogP contribution in [-0.2, 0) is 4.79 Å². The first-order valence-corrected chi connectivity index (χ1v) is 13.7. The minimum Gasteiger partial charge on any atom is -0.393 e. The molecule has 3 heteroatoms. The van der Waals surface area contributed by atoms with Gasteiger partial charge in [0.05, 0.1) is 6.10 Å². The van der Waals surface area contributed by atoms with E-state index in [-0.39, 0.29) is 17.4 Å². The molecule has 0 bridgehead atoms. The highest BCUT2D eigenvalue weighted by molar-refractivity contribution is 5.83. The standard InChI is InChI=1S/C28H45NO2/c1-16-7-10-28(4)17(2)19-5-6-20-21(23(19)15-29(28)14-16)12-24-22(20)13-26(31)25-11-18(30)8-9-27(24,25)3/h16-25,30H,5-15H2,1-4H3/t16-,17+,18-,19-,20+,21+,22-,23+,24-,25+,27+,28-/m0/s1. The van der Waals surface area contributed by atoms with Gasteiger partial charge in [-0.15, -0.1) is 0 Å². The van der Waals surface area contributed by atoms with E-state index in [1.54, 1.807) is 0 Å². The second kappa shape index (κ2) is 7.05. The second-order valence-electron chi connectivity index (χ2n) is 13.6. The first kappa shape index (κ1) is 21.1. The van der Waals surface area contributed by atoms with Gasteiger partial charge < -0.3 is 5.11 Å². The Hall–Kier alpha value is -0.410. The molecule has 4 saturated carbocycles. The number of rotatable bonds is 0. The van der Waals surface area contributed by atoms with Crippen molar-refractivity contribution < 1.29 is 9.90 Å². The molecular weight excluding hydrogens is 382 g/mol. The predicted octanol–water partition coefficient (Wildman–Crippen LogP) is 5.16. The maximum atomic E-state index is 13.3. The van der Waals surface area contributed by atoms with Crippen molar-refractivity contribution in [1.29, 1.82) is 0 Å². The Bertz CT molecular complexity index is 747. The smallest absolute Gasteiger partial charge is 0.136 e. The average molecular weight is 428 g/mol. The lowest BCUT2D eigenvalue weighted by molar-refractivity contribution is -0.145. The summed E-state index contributed by atoms with van der Waals surface area (Å²) in [6.45, 7) is 12.7. The van der Waals surface area contributed by atoms with Gasteiger partial charge in [0.1, 0.15) is 5.78 Å². The van der Waals surface area contributed by atoms with E-state index in [2.05, 4.69) is 32.6 Å². The lowest BCUT2D eigenvalue weighted by Gasteiger charge is -2.61. The van der Waals surface area contributed by atoms with E-state index in [4.69, 9.17) is 0 Å². The van der Waals surface area contributed by atoms with Crippen LogP contribution in [0, 0.1) is 58.7 Å².